The molecule has 0 radical (unpaired) electrons. The molecule has 3 rings (SSSR count). The van der Waals surface area contributed by atoms with Crippen LogP contribution >= 0.6 is 0 Å². The van der Waals surface area contributed by atoms with E-state index in [1.54, 1.807) is 7.11 Å². The van der Waals surface area contributed by atoms with E-state index in [0.717, 1.165) is 54.2 Å². The number of anilines is 1. The highest BCUT2D eigenvalue weighted by molar-refractivity contribution is 5.86. The lowest BCUT2D eigenvalue weighted by Crippen LogP contribution is -2.22. The first-order valence-electron chi connectivity index (χ1n) is 9.98. The van der Waals surface area contributed by atoms with Crippen LogP contribution in [0.2, 0.25) is 0 Å². The number of fused-ring (bicyclic) bond motifs is 1. The summed E-state index contributed by atoms with van der Waals surface area (Å²) in [4.78, 5) is 9.29. The Balaban J connectivity index is 1.91. The minimum absolute atomic E-state index is 0.168. The van der Waals surface area contributed by atoms with Crippen molar-refractivity contribution >= 4 is 16.9 Å². The van der Waals surface area contributed by atoms with Crippen LogP contribution in [0, 0.1) is 6.92 Å². The van der Waals surface area contributed by atoms with E-state index in [0.29, 0.717) is 6.42 Å². The summed E-state index contributed by atoms with van der Waals surface area (Å²) < 4.78 is 7.42. The van der Waals surface area contributed by atoms with E-state index >= 15 is 0 Å². The second-order valence-electron chi connectivity index (χ2n) is 7.14. The molecular formula is C22H30N4O2. The van der Waals surface area contributed by atoms with Gasteiger partial charge < -0.3 is 19.7 Å². The third-order valence-electron chi connectivity index (χ3n) is 4.96. The normalized spacial score (nSPS) is 12.3. The van der Waals surface area contributed by atoms with Crippen LogP contribution in [0.4, 0.5) is 5.82 Å². The average molecular weight is 383 g/mol. The molecule has 1 atom stereocenters. The molecule has 28 heavy (non-hydrogen) atoms. The van der Waals surface area contributed by atoms with Crippen LogP contribution in [-0.4, -0.2) is 39.4 Å². The molecule has 0 spiro atoms. The number of benzene rings is 1. The predicted molar refractivity (Wildman–Crippen MR) is 113 cm³/mol. The largest absolute Gasteiger partial charge is 0.497 e. The molecule has 0 aliphatic carbocycles. The van der Waals surface area contributed by atoms with Gasteiger partial charge in [0.15, 0.2) is 5.82 Å². The highest BCUT2D eigenvalue weighted by atomic mass is 16.5. The zero-order chi connectivity index (χ0) is 19.9. The lowest BCUT2D eigenvalue weighted by Gasteiger charge is -2.20. The summed E-state index contributed by atoms with van der Waals surface area (Å²) in [6.07, 6.45) is 6.04. The molecule has 0 amide bonds. The van der Waals surface area contributed by atoms with Gasteiger partial charge in [-0.25, -0.2) is 9.97 Å². The minimum Gasteiger partial charge on any atom is -0.497 e. The Morgan fingerprint density at radius 1 is 1.14 bits per heavy atom. The topological polar surface area (TPSA) is 72.2 Å². The van der Waals surface area contributed by atoms with Crippen molar-refractivity contribution in [1.82, 2.24) is 14.5 Å². The number of aliphatic hydroxyl groups is 1. The van der Waals surface area contributed by atoms with E-state index in [-0.39, 0.29) is 12.6 Å². The van der Waals surface area contributed by atoms with Gasteiger partial charge in [-0.15, -0.1) is 0 Å². The van der Waals surface area contributed by atoms with Gasteiger partial charge in [0.1, 0.15) is 17.1 Å². The summed E-state index contributed by atoms with van der Waals surface area (Å²) in [5.41, 5.74) is 3.12. The first-order valence-corrected chi connectivity index (χ1v) is 9.98. The number of unbranched alkanes of at least 4 members (excludes halogenated alkanes) is 1. The Kier molecular flexibility index (Phi) is 6.87. The van der Waals surface area contributed by atoms with Crippen molar-refractivity contribution in [2.45, 2.75) is 52.1 Å². The summed E-state index contributed by atoms with van der Waals surface area (Å²) in [6.45, 7) is 5.00. The molecule has 2 heterocycles. The number of nitrogens with one attached hydrogen (secondary N) is 1. The highest BCUT2D eigenvalue weighted by Gasteiger charge is 2.15. The summed E-state index contributed by atoms with van der Waals surface area (Å²) in [7, 11) is 1.67. The fourth-order valence-corrected chi connectivity index (χ4v) is 3.47. The molecule has 1 aromatic carbocycles. The van der Waals surface area contributed by atoms with Crippen LogP contribution in [0.25, 0.3) is 11.0 Å². The maximum Gasteiger partial charge on any atom is 0.154 e. The van der Waals surface area contributed by atoms with Crippen LogP contribution in [0.5, 0.6) is 5.75 Å². The lowest BCUT2D eigenvalue weighted by atomic mass is 10.1. The third kappa shape index (κ3) is 4.81. The quantitative estimate of drug-likeness (QED) is 0.551. The van der Waals surface area contributed by atoms with Gasteiger partial charge in [0.2, 0.25) is 0 Å². The van der Waals surface area contributed by atoms with Crippen molar-refractivity contribution in [2.24, 2.45) is 0 Å². The van der Waals surface area contributed by atoms with Crippen LogP contribution in [0.1, 0.15) is 44.0 Å². The average Bonchev–Trinajstić information content (AvgIpc) is 3.09. The second kappa shape index (κ2) is 9.55. The zero-order valence-corrected chi connectivity index (χ0v) is 17.0. The Labute approximate surface area is 166 Å². The first kappa shape index (κ1) is 20.1. The molecule has 0 bridgehead atoms. The van der Waals surface area contributed by atoms with Crippen LogP contribution < -0.4 is 10.1 Å². The Hall–Kier alpha value is -2.60. The van der Waals surface area contributed by atoms with Gasteiger partial charge in [-0.3, -0.25) is 0 Å². The predicted octanol–water partition coefficient (Wildman–Crippen LogP) is 4.15. The Bertz CT molecular complexity index is 889. The molecule has 150 valence electrons. The van der Waals surface area contributed by atoms with Crippen molar-refractivity contribution in [2.75, 3.05) is 19.0 Å². The molecule has 0 aliphatic heterocycles. The number of aliphatic hydroxyl groups excluding tert-OH is 1. The second-order valence-corrected chi connectivity index (χ2v) is 7.14. The van der Waals surface area contributed by atoms with Crippen molar-refractivity contribution < 1.29 is 9.84 Å². The molecule has 0 fully saturated rings. The van der Waals surface area contributed by atoms with Gasteiger partial charge in [-0.1, -0.05) is 31.9 Å². The number of ether oxygens (including phenoxy) is 1. The minimum atomic E-state index is 0.168. The van der Waals surface area contributed by atoms with Gasteiger partial charge in [0, 0.05) is 25.4 Å². The van der Waals surface area contributed by atoms with Gasteiger partial charge in [-0.2, -0.15) is 0 Å². The SMILES string of the molecule is CCCC[C@@H](CCO)Nc1nc(C)nc2ccn(Cc3ccc(OC)cc3)c12. The first-order chi connectivity index (χ1) is 13.6. The molecule has 2 aromatic heterocycles. The molecule has 2 N–H and O–H groups in total. The van der Waals surface area contributed by atoms with E-state index in [1.807, 2.05) is 25.1 Å². The van der Waals surface area contributed by atoms with E-state index < -0.39 is 0 Å². The van der Waals surface area contributed by atoms with Crippen molar-refractivity contribution in [1.29, 1.82) is 0 Å². The van der Waals surface area contributed by atoms with Crippen LogP contribution in [-0.2, 0) is 6.54 Å². The maximum absolute atomic E-state index is 9.45. The molecule has 3 aromatic rings. The molecular weight excluding hydrogens is 352 g/mol. The summed E-state index contributed by atoms with van der Waals surface area (Å²) >= 11 is 0. The van der Waals surface area contributed by atoms with Gasteiger partial charge in [0.25, 0.3) is 0 Å². The number of rotatable bonds is 10. The Morgan fingerprint density at radius 2 is 1.93 bits per heavy atom. The van der Waals surface area contributed by atoms with Crippen molar-refractivity contribution in [3.63, 3.8) is 0 Å². The van der Waals surface area contributed by atoms with Crippen LogP contribution in [0.3, 0.4) is 0 Å². The van der Waals surface area contributed by atoms with Gasteiger partial charge in [0.05, 0.1) is 12.6 Å². The standard InChI is InChI=1S/C22H30N4O2/c1-4-5-6-18(12-14-27)25-22-21-20(23-16(2)24-22)11-13-26(21)15-17-7-9-19(28-3)10-8-17/h7-11,13,18,27H,4-6,12,14-15H2,1-3H3,(H,23,24,25)/t18-/m0/s1. The van der Waals surface area contributed by atoms with E-state index in [1.165, 1.54) is 5.56 Å². The molecule has 0 saturated heterocycles. The maximum atomic E-state index is 9.45. The number of aryl methyl sites for hydroxylation is 1. The summed E-state index contributed by atoms with van der Waals surface area (Å²) in [5, 5.41) is 13.0. The number of nitrogens with zero attached hydrogens (tertiary/aromatic N) is 3. The summed E-state index contributed by atoms with van der Waals surface area (Å²) in [6, 6.07) is 10.3. The number of hydrogen-bond acceptors (Lipinski definition) is 5. The van der Waals surface area contributed by atoms with Crippen LogP contribution in [0.15, 0.2) is 36.5 Å². The lowest BCUT2D eigenvalue weighted by molar-refractivity contribution is 0.276. The van der Waals surface area contributed by atoms with E-state index in [9.17, 15) is 5.11 Å². The molecule has 0 saturated carbocycles. The number of aromatic nitrogens is 3. The van der Waals surface area contributed by atoms with Gasteiger partial charge in [-0.05, 0) is 43.5 Å². The highest BCUT2D eigenvalue weighted by Crippen LogP contribution is 2.25. The van der Waals surface area contributed by atoms with E-state index in [2.05, 4.69) is 45.1 Å². The van der Waals surface area contributed by atoms with E-state index in [4.69, 9.17) is 4.74 Å². The third-order valence-corrected chi connectivity index (χ3v) is 4.96. The fraction of sp³-hybridized carbons (Fsp3) is 0.455. The summed E-state index contributed by atoms with van der Waals surface area (Å²) in [5.74, 6) is 2.44. The fourth-order valence-electron chi connectivity index (χ4n) is 3.47. The van der Waals surface area contributed by atoms with Crippen molar-refractivity contribution in [3.8, 4) is 5.75 Å². The molecule has 6 heteroatoms. The number of methoxy groups -OCH3 is 1. The monoisotopic (exact) mass is 382 g/mol. The molecule has 0 unspecified atom stereocenters. The Morgan fingerprint density at radius 3 is 2.61 bits per heavy atom. The van der Waals surface area contributed by atoms with Crippen molar-refractivity contribution in [3.05, 3.63) is 47.9 Å². The smallest absolute Gasteiger partial charge is 0.154 e. The van der Waals surface area contributed by atoms with Gasteiger partial charge >= 0.3 is 0 Å². The molecule has 0 aliphatic rings. The zero-order valence-electron chi connectivity index (χ0n) is 17.0. The number of hydrogen-bond donors (Lipinski definition) is 2. The molecule has 6 nitrogen and oxygen atoms in total.